The van der Waals surface area contributed by atoms with Gasteiger partial charge in [0.15, 0.2) is 0 Å². The van der Waals surface area contributed by atoms with Crippen molar-refractivity contribution in [3.63, 3.8) is 0 Å². The molecule has 0 bridgehead atoms. The van der Waals surface area contributed by atoms with Gasteiger partial charge >= 0.3 is 0 Å². The number of nitrogens with zero attached hydrogens (tertiary/aromatic N) is 1. The first-order chi connectivity index (χ1) is 12.6. The summed E-state index contributed by atoms with van der Waals surface area (Å²) in [5, 5.41) is 3.29. The molecule has 1 aliphatic heterocycles. The maximum atomic E-state index is 13.5. The minimum atomic E-state index is -3.68. The quantitative estimate of drug-likeness (QED) is 0.789. The molecule has 3 rings (SSSR count). The van der Waals surface area contributed by atoms with Crippen LogP contribution >= 0.6 is 12.4 Å². The Kier molecular flexibility index (Phi) is 7.64. The molecule has 0 amide bonds. The van der Waals surface area contributed by atoms with Gasteiger partial charge in [-0.15, -0.1) is 12.4 Å². The summed E-state index contributed by atoms with van der Waals surface area (Å²) in [6, 6.07) is 14.2. The van der Waals surface area contributed by atoms with E-state index in [1.54, 1.807) is 36.7 Å². The number of ether oxygens (including phenoxy) is 2. The van der Waals surface area contributed by atoms with Crippen LogP contribution in [0.15, 0.2) is 53.4 Å². The highest BCUT2D eigenvalue weighted by Gasteiger charge is 2.36. The first-order valence-electron chi connectivity index (χ1n) is 8.52. The summed E-state index contributed by atoms with van der Waals surface area (Å²) in [5.41, 5.74) is 1.52. The van der Waals surface area contributed by atoms with E-state index in [1.165, 1.54) is 0 Å². The molecule has 0 spiro atoms. The molecular weight excluding hydrogens is 388 g/mol. The maximum absolute atomic E-state index is 13.5. The molecule has 8 heteroatoms. The van der Waals surface area contributed by atoms with Crippen molar-refractivity contribution in [1.82, 2.24) is 9.62 Å². The maximum Gasteiger partial charge on any atom is 0.244 e. The number of sulfonamides is 1. The fraction of sp³-hybridized carbons (Fsp3) is 0.368. The number of halogens is 1. The smallest absolute Gasteiger partial charge is 0.244 e. The van der Waals surface area contributed by atoms with Gasteiger partial charge in [-0.1, -0.05) is 36.4 Å². The molecule has 0 radical (unpaired) electrons. The summed E-state index contributed by atoms with van der Waals surface area (Å²) < 4.78 is 39.1. The van der Waals surface area contributed by atoms with E-state index < -0.39 is 10.0 Å². The molecule has 2 aromatic carbocycles. The van der Waals surface area contributed by atoms with Gasteiger partial charge in [0.2, 0.25) is 10.0 Å². The van der Waals surface area contributed by atoms with Gasteiger partial charge in [0.05, 0.1) is 24.7 Å². The number of hydrogen-bond acceptors (Lipinski definition) is 5. The van der Waals surface area contributed by atoms with Crippen molar-refractivity contribution in [3.8, 4) is 5.75 Å². The zero-order chi connectivity index (χ0) is 18.6. The standard InChI is InChI=1S/C19H24N2O4S.ClH/c1-24-14-15-7-3-6-10-19(15)26(22,23)21-12-11-20-13-17(21)16-8-4-5-9-18(16)25-2;/h3-10,17,20H,11-14H2,1-2H3;1H. The van der Waals surface area contributed by atoms with Crippen LogP contribution < -0.4 is 10.1 Å². The van der Waals surface area contributed by atoms with Crippen molar-refractivity contribution in [1.29, 1.82) is 0 Å². The third kappa shape index (κ3) is 4.44. The lowest BCUT2D eigenvalue weighted by Gasteiger charge is -2.36. The highest BCUT2D eigenvalue weighted by molar-refractivity contribution is 7.89. The van der Waals surface area contributed by atoms with Crippen molar-refractivity contribution in [2.45, 2.75) is 17.5 Å². The third-order valence-corrected chi connectivity index (χ3v) is 6.56. The molecule has 1 unspecified atom stereocenters. The van der Waals surface area contributed by atoms with Crippen LogP contribution in [0.1, 0.15) is 17.2 Å². The number of para-hydroxylation sites is 1. The SMILES string of the molecule is COCc1ccccc1S(=O)(=O)N1CCNCC1c1ccccc1OC.Cl. The predicted octanol–water partition coefficient (Wildman–Crippen LogP) is 2.60. The zero-order valence-corrected chi connectivity index (χ0v) is 17.1. The van der Waals surface area contributed by atoms with Crippen molar-refractivity contribution >= 4 is 22.4 Å². The zero-order valence-electron chi connectivity index (χ0n) is 15.4. The van der Waals surface area contributed by atoms with Gasteiger partial charge in [0.1, 0.15) is 5.75 Å². The highest BCUT2D eigenvalue weighted by atomic mass is 35.5. The highest BCUT2D eigenvalue weighted by Crippen LogP contribution is 2.34. The lowest BCUT2D eigenvalue weighted by atomic mass is 10.0. The minimum absolute atomic E-state index is 0. The van der Waals surface area contributed by atoms with Crippen LogP contribution in [-0.4, -0.2) is 46.6 Å². The molecular formula is C19H25ClN2O4S. The van der Waals surface area contributed by atoms with Gasteiger partial charge in [-0.05, 0) is 17.7 Å². The Labute approximate surface area is 166 Å². The molecule has 148 valence electrons. The molecule has 1 N–H and O–H groups in total. The van der Waals surface area contributed by atoms with Gasteiger partial charge in [-0.2, -0.15) is 4.31 Å². The monoisotopic (exact) mass is 412 g/mol. The minimum Gasteiger partial charge on any atom is -0.496 e. The summed E-state index contributed by atoms with van der Waals surface area (Å²) in [6.45, 7) is 1.79. The summed E-state index contributed by atoms with van der Waals surface area (Å²) in [7, 11) is -0.519. The molecule has 1 aliphatic rings. The summed E-state index contributed by atoms with van der Waals surface area (Å²) >= 11 is 0. The van der Waals surface area contributed by atoms with Gasteiger partial charge in [-0.25, -0.2) is 8.42 Å². The van der Waals surface area contributed by atoms with E-state index in [0.29, 0.717) is 35.8 Å². The second kappa shape index (κ2) is 9.52. The van der Waals surface area contributed by atoms with Gasteiger partial charge in [0, 0.05) is 32.3 Å². The Balaban J connectivity index is 0.00000261. The third-order valence-electron chi connectivity index (χ3n) is 4.55. The fourth-order valence-corrected chi connectivity index (χ4v) is 5.15. The van der Waals surface area contributed by atoms with Crippen LogP contribution in [0.25, 0.3) is 0 Å². The molecule has 27 heavy (non-hydrogen) atoms. The van der Waals surface area contributed by atoms with Crippen LogP contribution in [0.2, 0.25) is 0 Å². The molecule has 2 aromatic rings. The number of rotatable bonds is 6. The van der Waals surface area contributed by atoms with Crippen LogP contribution in [-0.2, 0) is 21.4 Å². The molecule has 6 nitrogen and oxygen atoms in total. The molecule has 0 aromatic heterocycles. The van der Waals surface area contributed by atoms with Crippen LogP contribution in [0.3, 0.4) is 0 Å². The van der Waals surface area contributed by atoms with E-state index in [1.807, 2.05) is 30.3 Å². The second-order valence-electron chi connectivity index (χ2n) is 6.12. The molecule has 1 fully saturated rings. The number of methoxy groups -OCH3 is 2. The Hall–Kier alpha value is -1.64. The Morgan fingerprint density at radius 1 is 1.11 bits per heavy atom. The first-order valence-corrected chi connectivity index (χ1v) is 9.96. The summed E-state index contributed by atoms with van der Waals surface area (Å²) in [6.07, 6.45) is 0. The normalized spacial score (nSPS) is 17.9. The van der Waals surface area contributed by atoms with E-state index in [2.05, 4.69) is 5.32 Å². The molecule has 0 aliphatic carbocycles. The van der Waals surface area contributed by atoms with Crippen molar-refractivity contribution in [3.05, 3.63) is 59.7 Å². The number of piperazine rings is 1. The van der Waals surface area contributed by atoms with Crippen molar-refractivity contribution in [2.24, 2.45) is 0 Å². The van der Waals surface area contributed by atoms with Crippen molar-refractivity contribution < 1.29 is 17.9 Å². The number of nitrogens with one attached hydrogen (secondary N) is 1. The lowest BCUT2D eigenvalue weighted by Crippen LogP contribution is -2.48. The Morgan fingerprint density at radius 3 is 2.56 bits per heavy atom. The molecule has 1 heterocycles. The average molecular weight is 413 g/mol. The summed E-state index contributed by atoms with van der Waals surface area (Å²) in [4.78, 5) is 0.295. The lowest BCUT2D eigenvalue weighted by molar-refractivity contribution is 0.182. The molecule has 1 atom stereocenters. The fourth-order valence-electron chi connectivity index (χ4n) is 3.34. The van der Waals surface area contributed by atoms with Gasteiger partial charge in [0.25, 0.3) is 0 Å². The molecule has 0 saturated carbocycles. The topological polar surface area (TPSA) is 67.9 Å². The van der Waals surface area contributed by atoms with Crippen molar-refractivity contribution in [2.75, 3.05) is 33.9 Å². The van der Waals surface area contributed by atoms with Crippen LogP contribution in [0.4, 0.5) is 0 Å². The Morgan fingerprint density at radius 2 is 1.81 bits per heavy atom. The first kappa shape index (κ1) is 21.7. The Bertz CT molecular complexity index is 860. The predicted molar refractivity (Wildman–Crippen MR) is 107 cm³/mol. The number of hydrogen-bond donors (Lipinski definition) is 1. The van der Waals surface area contributed by atoms with Gasteiger partial charge < -0.3 is 14.8 Å². The van der Waals surface area contributed by atoms with Gasteiger partial charge in [-0.3, -0.25) is 0 Å². The van der Waals surface area contributed by atoms with Crippen LogP contribution in [0.5, 0.6) is 5.75 Å². The van der Waals surface area contributed by atoms with E-state index in [0.717, 1.165) is 5.56 Å². The van der Waals surface area contributed by atoms with E-state index >= 15 is 0 Å². The van der Waals surface area contributed by atoms with E-state index in [9.17, 15) is 8.42 Å². The number of benzene rings is 2. The largest absolute Gasteiger partial charge is 0.496 e. The average Bonchev–Trinajstić information content (AvgIpc) is 2.68. The van der Waals surface area contributed by atoms with Crippen LogP contribution in [0, 0.1) is 0 Å². The molecule has 1 saturated heterocycles. The van der Waals surface area contributed by atoms with E-state index in [4.69, 9.17) is 9.47 Å². The second-order valence-corrected chi connectivity index (χ2v) is 7.98. The summed E-state index contributed by atoms with van der Waals surface area (Å²) in [5.74, 6) is 0.687. The van der Waals surface area contributed by atoms with E-state index in [-0.39, 0.29) is 25.1 Å².